The summed E-state index contributed by atoms with van der Waals surface area (Å²) < 4.78 is 124. The predicted molar refractivity (Wildman–Crippen MR) is 219 cm³/mol. The van der Waals surface area contributed by atoms with Gasteiger partial charge in [-0.2, -0.15) is 0 Å². The molecule has 8 nitrogen and oxygen atoms in total. The van der Waals surface area contributed by atoms with Crippen LogP contribution in [0.25, 0.3) is 21.8 Å². The summed E-state index contributed by atoms with van der Waals surface area (Å²) in [5.74, 6) is 0. The molecule has 0 unspecified atom stereocenters. The van der Waals surface area contributed by atoms with Crippen molar-refractivity contribution in [1.82, 2.24) is 28.9 Å². The molecule has 0 bridgehead atoms. The molecule has 0 spiro atoms. The first-order valence-corrected chi connectivity index (χ1v) is 18.1. The molecule has 6 heterocycles. The number of benzene rings is 2. The highest BCUT2D eigenvalue weighted by Gasteiger charge is 2.29. The smallest absolute Gasteiger partial charge is 0.410 e. The van der Waals surface area contributed by atoms with Crippen LogP contribution in [0.2, 0.25) is 0 Å². The van der Waals surface area contributed by atoms with Crippen LogP contribution in [0, 0.1) is 27.6 Å². The molecule has 1 amide bonds. The average molecular weight is 739 g/mol. The second kappa shape index (κ2) is 15.4. The maximum absolute atomic E-state index is 12.8. The lowest BCUT2D eigenvalue weighted by Crippen LogP contribution is -2.40. The SMILES string of the molecule is [2H]C([2H])([2H])c1ccc(C([2H])([2H])C([2H])([2H])n2c3c(c4cc(C)ccc42)CN(C(=O)OC(C)(C)C)CC3)cn1.[2H]C([2H])([2H])c1ccc(C([2H])([2H])C([2H])([2H])n2c3c(c4cc(C)ccc42)CN(C)CC3)cn1. The van der Waals surface area contributed by atoms with Gasteiger partial charge in [-0.15, -0.1) is 0 Å². The lowest BCUT2D eigenvalue weighted by atomic mass is 10.0. The zero-order valence-corrected chi connectivity index (χ0v) is 31.7. The zero-order chi connectivity index (χ0) is 50.3. The van der Waals surface area contributed by atoms with Crippen LogP contribution in [0.3, 0.4) is 0 Å². The van der Waals surface area contributed by atoms with Gasteiger partial charge in [0.15, 0.2) is 0 Å². The van der Waals surface area contributed by atoms with E-state index in [0.717, 1.165) is 57.7 Å². The van der Waals surface area contributed by atoms with Gasteiger partial charge in [-0.05, 0) is 121 Å². The van der Waals surface area contributed by atoms with Crippen molar-refractivity contribution in [2.24, 2.45) is 0 Å². The molecule has 54 heavy (non-hydrogen) atoms. The second-order valence-corrected chi connectivity index (χ2v) is 15.0. The maximum atomic E-state index is 12.8. The van der Waals surface area contributed by atoms with Crippen molar-refractivity contribution in [3.05, 3.63) is 129 Å². The van der Waals surface area contributed by atoms with Crippen LogP contribution in [-0.4, -0.2) is 60.7 Å². The van der Waals surface area contributed by atoms with Gasteiger partial charge in [-0.25, -0.2) is 4.79 Å². The zero-order valence-electron chi connectivity index (χ0n) is 45.7. The van der Waals surface area contributed by atoms with Crippen molar-refractivity contribution in [1.29, 1.82) is 0 Å². The standard InChI is InChI=1S/C25H31N3O2.C21H25N3/c1-17-6-9-22-20(14-17)21-16-27(24(29)30-25(3,4)5)12-11-23(21)28(22)13-10-19-8-7-18(2)26-15-19;1-15-4-7-20-18(12-15)19-14-23(3)10-9-21(19)24(20)11-8-17-6-5-16(2)22-13-17/h6-9,14-15H,10-13,16H2,1-5H3;4-7,12-13H,8-11,14H2,1-3H3/i2D3,10D2,13D2;2D3,8D2,11D2. The topological polar surface area (TPSA) is 68.4 Å². The van der Waals surface area contributed by atoms with Gasteiger partial charge < -0.3 is 23.7 Å². The largest absolute Gasteiger partial charge is 0.444 e. The van der Waals surface area contributed by atoms with Crippen LogP contribution < -0.4 is 0 Å². The van der Waals surface area contributed by atoms with Crippen molar-refractivity contribution >= 4 is 27.9 Å². The highest BCUT2D eigenvalue weighted by Crippen LogP contribution is 2.34. The third-order valence-corrected chi connectivity index (χ3v) is 9.60. The highest BCUT2D eigenvalue weighted by molar-refractivity contribution is 5.88. The fraction of sp³-hybridized carbons (Fsp3) is 0.413. The molecular weight excluding hydrogens is 669 g/mol. The quantitative estimate of drug-likeness (QED) is 0.171. The van der Waals surface area contributed by atoms with Crippen LogP contribution in [0.15, 0.2) is 73.1 Å². The number of nitrogens with zero attached hydrogens (tertiary/aromatic N) is 6. The van der Waals surface area contributed by atoms with Crippen molar-refractivity contribution in [3.8, 4) is 0 Å². The van der Waals surface area contributed by atoms with Gasteiger partial charge in [0.2, 0.25) is 0 Å². The Kier molecular flexibility index (Phi) is 6.78. The fourth-order valence-electron chi connectivity index (χ4n) is 6.99. The molecule has 2 aromatic carbocycles. The fourth-order valence-corrected chi connectivity index (χ4v) is 6.99. The van der Waals surface area contributed by atoms with Crippen LogP contribution in [0.1, 0.15) is 96.1 Å². The number of fused-ring (bicyclic) bond motifs is 6. The molecule has 282 valence electrons. The number of hydrogen-bond acceptors (Lipinski definition) is 5. The number of ether oxygens (including phenoxy) is 1. The summed E-state index contributed by atoms with van der Waals surface area (Å²) in [5, 5.41) is 1.69. The number of aromatic nitrogens is 4. The van der Waals surface area contributed by atoms with E-state index < -0.39 is 51.1 Å². The van der Waals surface area contributed by atoms with Crippen molar-refractivity contribution in [3.63, 3.8) is 0 Å². The van der Waals surface area contributed by atoms with Crippen LogP contribution in [0.4, 0.5) is 4.79 Å². The number of carbonyl (C=O) groups is 1. The van der Waals surface area contributed by atoms with E-state index in [-0.39, 0.29) is 29.1 Å². The predicted octanol–water partition coefficient (Wildman–Crippen LogP) is 9.07. The highest BCUT2D eigenvalue weighted by atomic mass is 16.6. The number of pyridine rings is 2. The molecule has 4 aromatic heterocycles. The third kappa shape index (κ3) is 8.24. The van der Waals surface area contributed by atoms with E-state index in [2.05, 4.69) is 14.9 Å². The average Bonchev–Trinajstić information content (AvgIpc) is 3.74. The van der Waals surface area contributed by atoms with E-state index >= 15 is 0 Å². The Morgan fingerprint density at radius 2 is 1.28 bits per heavy atom. The van der Waals surface area contributed by atoms with Gasteiger partial charge in [-0.3, -0.25) is 9.97 Å². The van der Waals surface area contributed by atoms with Gasteiger partial charge in [0.25, 0.3) is 0 Å². The first-order valence-electron chi connectivity index (χ1n) is 25.1. The molecule has 0 N–H and O–H groups in total. The summed E-state index contributed by atoms with van der Waals surface area (Å²) in [5.41, 5.74) is 5.34. The molecule has 8 heteroatoms. The first-order chi connectivity index (χ1) is 31.3. The van der Waals surface area contributed by atoms with Crippen LogP contribution in [-0.2, 0) is 56.4 Å². The first kappa shape index (κ1) is 23.8. The Balaban J connectivity index is 0.000000204. The van der Waals surface area contributed by atoms with Crippen molar-refractivity contribution < 1.29 is 28.7 Å². The monoisotopic (exact) mass is 739 g/mol. The summed E-state index contributed by atoms with van der Waals surface area (Å²) in [4.78, 5) is 24.3. The molecule has 0 aliphatic carbocycles. The number of likely N-dealkylation sites (N-methyl/N-ethyl adjacent to an activating group) is 1. The summed E-state index contributed by atoms with van der Waals surface area (Å²) in [6.45, 7) is 1.41. The van der Waals surface area contributed by atoms with Gasteiger partial charge in [0.1, 0.15) is 5.60 Å². The molecule has 0 saturated heterocycles. The lowest BCUT2D eigenvalue weighted by Gasteiger charge is -2.30. The maximum Gasteiger partial charge on any atom is 0.410 e. The van der Waals surface area contributed by atoms with Crippen LogP contribution >= 0.6 is 0 Å². The summed E-state index contributed by atoms with van der Waals surface area (Å²) in [6, 6.07) is 16.4. The van der Waals surface area contributed by atoms with E-state index in [1.165, 1.54) is 33.4 Å². The third-order valence-electron chi connectivity index (χ3n) is 9.60. The Morgan fingerprint density at radius 1 is 0.759 bits per heavy atom. The molecular formula is C46H56N6O2. The van der Waals surface area contributed by atoms with E-state index in [0.29, 0.717) is 42.7 Å². The number of carbonyl (C=O) groups excluding carboxylic acids is 1. The van der Waals surface area contributed by atoms with Gasteiger partial charge in [-0.1, -0.05) is 35.4 Å². The van der Waals surface area contributed by atoms with E-state index in [9.17, 15) is 4.79 Å². The van der Waals surface area contributed by atoms with Gasteiger partial charge >= 0.3 is 6.09 Å². The summed E-state index contributed by atoms with van der Waals surface area (Å²) in [7, 11) is 2.02. The number of amides is 1. The number of aryl methyl sites for hydroxylation is 8. The molecule has 0 fully saturated rings. The van der Waals surface area contributed by atoms with Crippen LogP contribution in [0.5, 0.6) is 0 Å². The van der Waals surface area contributed by atoms with Gasteiger partial charge in [0, 0.05) is 122 Å². The minimum Gasteiger partial charge on any atom is -0.444 e. The lowest BCUT2D eigenvalue weighted by molar-refractivity contribution is 0.0223. The molecule has 2 aliphatic rings. The molecule has 0 saturated carbocycles. The number of rotatable bonds is 6. The van der Waals surface area contributed by atoms with E-state index in [1.54, 1.807) is 31.7 Å². The summed E-state index contributed by atoms with van der Waals surface area (Å²) >= 11 is 0. The van der Waals surface area contributed by atoms with Crippen molar-refractivity contribution in [2.45, 2.75) is 106 Å². The summed E-state index contributed by atoms with van der Waals surface area (Å²) in [6.07, 6.45) is -2.30. The molecule has 0 radical (unpaired) electrons. The Bertz CT molecular complexity index is 2860. The molecule has 0 atom stereocenters. The van der Waals surface area contributed by atoms with E-state index in [1.807, 2.05) is 51.2 Å². The minimum absolute atomic E-state index is 0.00105. The van der Waals surface area contributed by atoms with Gasteiger partial charge in [0.05, 0.1) is 12.0 Å². The Labute approximate surface area is 340 Å². The molecule has 6 aromatic rings. The normalized spacial score (nSPS) is 19.9. The Hall–Kier alpha value is -4.95. The van der Waals surface area contributed by atoms with Crippen molar-refractivity contribution in [2.75, 3.05) is 20.1 Å². The minimum atomic E-state index is -2.56. The number of hydrogen-bond donors (Lipinski definition) is 0. The van der Waals surface area contributed by atoms with E-state index in [4.69, 9.17) is 23.9 Å². The molecule has 2 aliphatic heterocycles. The molecule has 8 rings (SSSR count). The second-order valence-electron chi connectivity index (χ2n) is 15.0. The Morgan fingerprint density at radius 3 is 1.76 bits per heavy atom.